The van der Waals surface area contributed by atoms with E-state index in [4.69, 9.17) is 21.3 Å². The lowest BCUT2D eigenvalue weighted by Crippen LogP contribution is -2.00. The number of anilines is 2. The molecule has 1 heterocycles. The van der Waals surface area contributed by atoms with Crippen LogP contribution in [-0.4, -0.2) is 22.7 Å². The maximum atomic E-state index is 11.2. The molecule has 0 saturated carbocycles. The van der Waals surface area contributed by atoms with E-state index in [1.807, 2.05) is 6.92 Å². The first-order chi connectivity index (χ1) is 9.52. The van der Waals surface area contributed by atoms with Gasteiger partial charge in [-0.3, -0.25) is 0 Å². The molecule has 1 aromatic carbocycles. The van der Waals surface area contributed by atoms with Gasteiger partial charge >= 0.3 is 5.97 Å². The number of carboxylic acids is 1. The Hall–Kier alpha value is -2.28. The van der Waals surface area contributed by atoms with Crippen molar-refractivity contribution in [3.05, 3.63) is 23.1 Å². The van der Waals surface area contributed by atoms with Crippen LogP contribution >= 0.6 is 11.3 Å². The molecule has 0 unspecified atom stereocenters. The van der Waals surface area contributed by atoms with E-state index < -0.39 is 5.97 Å². The molecule has 0 bridgehead atoms. The number of nitrogens with two attached hydrogens (primary N) is 2. The molecule has 0 radical (unpaired) electrons. The predicted molar refractivity (Wildman–Crippen MR) is 79.1 cm³/mol. The Morgan fingerprint density at radius 3 is 2.80 bits per heavy atom. The Morgan fingerprint density at radius 2 is 2.20 bits per heavy atom. The van der Waals surface area contributed by atoms with Crippen LogP contribution in [0.3, 0.4) is 0 Å². The Morgan fingerprint density at radius 1 is 1.45 bits per heavy atom. The Bertz CT molecular complexity index is 640. The summed E-state index contributed by atoms with van der Waals surface area (Å²) in [5.41, 5.74) is 12.9. The second kappa shape index (κ2) is 5.79. The molecule has 6 nitrogen and oxygen atoms in total. The van der Waals surface area contributed by atoms with Gasteiger partial charge in [-0.15, -0.1) is 0 Å². The molecule has 20 heavy (non-hydrogen) atoms. The van der Waals surface area contributed by atoms with Crippen molar-refractivity contribution in [1.29, 1.82) is 0 Å². The summed E-state index contributed by atoms with van der Waals surface area (Å²) in [5, 5.41) is 9.35. The average molecular weight is 293 g/mol. The van der Waals surface area contributed by atoms with Crippen LogP contribution in [0.1, 0.15) is 23.0 Å². The van der Waals surface area contributed by atoms with Crippen LogP contribution in [0.2, 0.25) is 0 Å². The molecule has 0 atom stereocenters. The maximum absolute atomic E-state index is 11.2. The van der Waals surface area contributed by atoms with Gasteiger partial charge < -0.3 is 21.3 Å². The summed E-state index contributed by atoms with van der Waals surface area (Å²) in [6.07, 6.45) is 0.882. The number of nitrogen functional groups attached to an aromatic ring is 2. The molecule has 0 aliphatic carbocycles. The molecule has 2 rings (SSSR count). The Kier molecular flexibility index (Phi) is 4.09. The number of hydrogen-bond donors (Lipinski definition) is 3. The molecular formula is C13H15N3O3S. The van der Waals surface area contributed by atoms with Crippen LogP contribution in [0.5, 0.6) is 5.75 Å². The summed E-state index contributed by atoms with van der Waals surface area (Å²) in [6, 6.07) is 5.08. The van der Waals surface area contributed by atoms with Crippen molar-refractivity contribution in [3.8, 4) is 17.0 Å². The van der Waals surface area contributed by atoms with Crippen molar-refractivity contribution in [2.45, 2.75) is 13.3 Å². The van der Waals surface area contributed by atoms with Crippen LogP contribution in [0.25, 0.3) is 11.3 Å². The highest BCUT2D eigenvalue weighted by atomic mass is 32.1. The smallest absolute Gasteiger partial charge is 0.348 e. The molecule has 2 aromatic rings. The van der Waals surface area contributed by atoms with Crippen molar-refractivity contribution in [2.75, 3.05) is 18.1 Å². The lowest BCUT2D eigenvalue weighted by atomic mass is 10.1. The van der Waals surface area contributed by atoms with Gasteiger partial charge in [0.2, 0.25) is 0 Å². The number of nitrogens with zero attached hydrogens (tertiary/aromatic N) is 1. The Balaban J connectivity index is 2.39. The molecule has 0 spiro atoms. The largest absolute Gasteiger partial charge is 0.491 e. The molecule has 0 aliphatic rings. The Labute approximate surface area is 120 Å². The number of aromatic carboxylic acids is 1. The van der Waals surface area contributed by atoms with Gasteiger partial charge in [-0.2, -0.15) is 0 Å². The van der Waals surface area contributed by atoms with E-state index in [1.54, 1.807) is 18.2 Å². The molecular weight excluding hydrogens is 278 g/mol. The molecule has 5 N–H and O–H groups in total. The van der Waals surface area contributed by atoms with Crippen molar-refractivity contribution < 1.29 is 14.6 Å². The summed E-state index contributed by atoms with van der Waals surface area (Å²) >= 11 is 0.936. The van der Waals surface area contributed by atoms with Gasteiger partial charge in [0.1, 0.15) is 10.6 Å². The van der Waals surface area contributed by atoms with Crippen LogP contribution in [0, 0.1) is 0 Å². The molecule has 0 aliphatic heterocycles. The highest BCUT2D eigenvalue weighted by Gasteiger charge is 2.18. The SMILES string of the molecule is CCCOc1ccc(-c2nc(N)sc2C(=O)O)cc1N. The zero-order valence-electron chi connectivity index (χ0n) is 10.9. The topological polar surface area (TPSA) is 111 Å². The molecule has 0 saturated heterocycles. The van der Waals surface area contributed by atoms with Gasteiger partial charge in [0.15, 0.2) is 5.13 Å². The minimum absolute atomic E-state index is 0.101. The predicted octanol–water partition coefficient (Wildman–Crippen LogP) is 2.46. The number of hydrogen-bond acceptors (Lipinski definition) is 6. The minimum Gasteiger partial charge on any atom is -0.491 e. The van der Waals surface area contributed by atoms with Gasteiger partial charge in [-0.25, -0.2) is 9.78 Å². The molecule has 7 heteroatoms. The zero-order chi connectivity index (χ0) is 14.7. The normalized spacial score (nSPS) is 10.4. The summed E-state index contributed by atoms with van der Waals surface area (Å²) in [4.78, 5) is 15.3. The third-order valence-electron chi connectivity index (χ3n) is 2.58. The van der Waals surface area contributed by atoms with E-state index >= 15 is 0 Å². The highest BCUT2D eigenvalue weighted by Crippen LogP contribution is 2.33. The number of ether oxygens (including phenoxy) is 1. The first kappa shape index (κ1) is 14.1. The van der Waals surface area contributed by atoms with E-state index in [-0.39, 0.29) is 10.0 Å². The van der Waals surface area contributed by atoms with Gasteiger partial charge in [0.25, 0.3) is 0 Å². The summed E-state index contributed by atoms with van der Waals surface area (Å²) in [5.74, 6) is -0.477. The van der Waals surface area contributed by atoms with Gasteiger partial charge in [0.05, 0.1) is 18.0 Å². The van der Waals surface area contributed by atoms with Crippen molar-refractivity contribution >= 4 is 28.1 Å². The van der Waals surface area contributed by atoms with E-state index in [9.17, 15) is 4.79 Å². The summed E-state index contributed by atoms with van der Waals surface area (Å²) in [6.45, 7) is 2.58. The van der Waals surface area contributed by atoms with Gasteiger partial charge in [-0.05, 0) is 24.6 Å². The number of carbonyl (C=O) groups is 1. The van der Waals surface area contributed by atoms with Crippen LogP contribution in [0.4, 0.5) is 10.8 Å². The first-order valence-corrected chi connectivity index (χ1v) is 6.86. The van der Waals surface area contributed by atoms with Crippen LogP contribution in [0.15, 0.2) is 18.2 Å². The van der Waals surface area contributed by atoms with Crippen molar-refractivity contribution in [1.82, 2.24) is 4.98 Å². The lowest BCUT2D eigenvalue weighted by Gasteiger charge is -2.09. The van der Waals surface area contributed by atoms with Gasteiger partial charge in [-0.1, -0.05) is 18.3 Å². The van der Waals surface area contributed by atoms with Crippen molar-refractivity contribution in [3.63, 3.8) is 0 Å². The standard InChI is InChI=1S/C13H15N3O3S/c1-2-5-19-9-4-3-7(6-8(9)14)10-11(12(17)18)20-13(15)16-10/h3-4,6H,2,5,14H2,1H3,(H2,15,16)(H,17,18). The number of benzene rings is 1. The van der Waals surface area contributed by atoms with E-state index in [2.05, 4.69) is 4.98 Å². The third-order valence-corrected chi connectivity index (χ3v) is 3.46. The van der Waals surface area contributed by atoms with Gasteiger partial charge in [0, 0.05) is 5.56 Å². The first-order valence-electron chi connectivity index (χ1n) is 6.05. The van der Waals surface area contributed by atoms with Crippen molar-refractivity contribution in [2.24, 2.45) is 0 Å². The molecule has 0 fully saturated rings. The molecule has 106 valence electrons. The fourth-order valence-electron chi connectivity index (χ4n) is 1.72. The van der Waals surface area contributed by atoms with Crippen LogP contribution < -0.4 is 16.2 Å². The second-order valence-electron chi connectivity index (χ2n) is 4.14. The quantitative estimate of drug-likeness (QED) is 0.730. The second-order valence-corrected chi connectivity index (χ2v) is 5.17. The average Bonchev–Trinajstić information content (AvgIpc) is 2.79. The fraction of sp³-hybridized carbons (Fsp3) is 0.231. The fourth-order valence-corrected chi connectivity index (χ4v) is 2.41. The summed E-state index contributed by atoms with van der Waals surface area (Å²) < 4.78 is 5.48. The van der Waals surface area contributed by atoms with E-state index in [0.29, 0.717) is 29.3 Å². The number of aromatic nitrogens is 1. The maximum Gasteiger partial charge on any atom is 0.348 e. The number of rotatable bonds is 5. The summed E-state index contributed by atoms with van der Waals surface area (Å²) in [7, 11) is 0. The highest BCUT2D eigenvalue weighted by molar-refractivity contribution is 7.17. The number of carboxylic acid groups (broad SMARTS) is 1. The zero-order valence-corrected chi connectivity index (χ0v) is 11.7. The van der Waals surface area contributed by atoms with E-state index in [0.717, 1.165) is 17.8 Å². The van der Waals surface area contributed by atoms with E-state index in [1.165, 1.54) is 0 Å². The minimum atomic E-state index is -1.06. The van der Waals surface area contributed by atoms with Crippen LogP contribution in [-0.2, 0) is 0 Å². The monoisotopic (exact) mass is 293 g/mol. The molecule has 1 aromatic heterocycles. The third kappa shape index (κ3) is 2.83. The lowest BCUT2D eigenvalue weighted by molar-refractivity contribution is 0.0702. The molecule has 0 amide bonds. The number of thiazole rings is 1.